The number of halogens is 2. The molecule has 3 rings (SSSR count). The van der Waals surface area contributed by atoms with Crippen molar-refractivity contribution < 1.29 is 23.1 Å². The number of hydrogen-bond acceptors (Lipinski definition) is 6. The summed E-state index contributed by atoms with van der Waals surface area (Å²) in [7, 11) is -4.07. The minimum atomic E-state index is -4.07. The predicted octanol–water partition coefficient (Wildman–Crippen LogP) is 5.15. The Hall–Kier alpha value is -2.85. The number of carboxylic acids is 1. The van der Waals surface area contributed by atoms with E-state index in [-0.39, 0.29) is 14.9 Å². The van der Waals surface area contributed by atoms with Crippen LogP contribution in [-0.4, -0.2) is 37.6 Å². The van der Waals surface area contributed by atoms with Crippen LogP contribution in [0.3, 0.4) is 0 Å². The van der Waals surface area contributed by atoms with Crippen molar-refractivity contribution in [3.63, 3.8) is 0 Å². The highest BCUT2D eigenvalue weighted by molar-refractivity contribution is 7.89. The number of nitrogens with zero attached hydrogens (tertiary/aromatic N) is 1. The molecule has 2 aromatic carbocycles. The van der Waals surface area contributed by atoms with Crippen LogP contribution in [0.1, 0.15) is 30.9 Å². The molecule has 186 valence electrons. The fraction of sp³-hybridized carbons (Fsp3) is 0.250. The third kappa shape index (κ3) is 8.70. The topological polar surface area (TPSA) is 118 Å². The molecule has 8 nitrogen and oxygen atoms in total. The van der Waals surface area contributed by atoms with Gasteiger partial charge in [0.15, 0.2) is 0 Å². The molecule has 0 aliphatic heterocycles. The average molecular weight is 538 g/mol. The van der Waals surface area contributed by atoms with Crippen LogP contribution in [0.2, 0.25) is 10.0 Å². The lowest BCUT2D eigenvalue weighted by atomic mass is 10.1. The fourth-order valence-electron chi connectivity index (χ4n) is 3.27. The van der Waals surface area contributed by atoms with Crippen molar-refractivity contribution in [1.82, 2.24) is 9.71 Å². The maximum Gasteiger partial charge on any atom is 0.305 e. The molecule has 3 N–H and O–H groups in total. The Morgan fingerprint density at radius 3 is 2.49 bits per heavy atom. The molecule has 1 heterocycles. The highest BCUT2D eigenvalue weighted by Crippen LogP contribution is 2.27. The van der Waals surface area contributed by atoms with Crippen molar-refractivity contribution in [3.8, 4) is 5.75 Å². The van der Waals surface area contributed by atoms with E-state index < -0.39 is 28.5 Å². The first-order chi connectivity index (χ1) is 16.7. The molecule has 0 amide bonds. The summed E-state index contributed by atoms with van der Waals surface area (Å²) in [6.07, 6.45) is 2.83. The highest BCUT2D eigenvalue weighted by atomic mass is 35.5. The molecular weight excluding hydrogens is 513 g/mol. The number of sulfonamides is 1. The molecule has 0 aliphatic carbocycles. The minimum absolute atomic E-state index is 0.0460. The van der Waals surface area contributed by atoms with Crippen molar-refractivity contribution in [2.75, 3.05) is 18.5 Å². The molecule has 0 saturated carbocycles. The van der Waals surface area contributed by atoms with Crippen LogP contribution in [0.4, 0.5) is 5.82 Å². The van der Waals surface area contributed by atoms with Crippen LogP contribution in [0.25, 0.3) is 0 Å². The number of benzene rings is 2. The maximum absolute atomic E-state index is 13.0. The first-order valence-electron chi connectivity index (χ1n) is 10.8. The summed E-state index contributed by atoms with van der Waals surface area (Å²) in [5.41, 5.74) is 0.347. The van der Waals surface area contributed by atoms with Crippen molar-refractivity contribution in [2.45, 2.75) is 30.2 Å². The smallest absolute Gasteiger partial charge is 0.305 e. The number of anilines is 1. The van der Waals surface area contributed by atoms with Gasteiger partial charge < -0.3 is 15.2 Å². The van der Waals surface area contributed by atoms with E-state index >= 15 is 0 Å². The van der Waals surface area contributed by atoms with Crippen LogP contribution in [0.5, 0.6) is 5.75 Å². The first-order valence-corrected chi connectivity index (χ1v) is 13.0. The molecule has 1 atom stereocenters. The van der Waals surface area contributed by atoms with E-state index in [0.29, 0.717) is 17.9 Å². The summed E-state index contributed by atoms with van der Waals surface area (Å²) < 4.78 is 34.2. The van der Waals surface area contributed by atoms with E-state index in [4.69, 9.17) is 27.9 Å². The molecule has 11 heteroatoms. The Bertz CT molecular complexity index is 1220. The van der Waals surface area contributed by atoms with Crippen molar-refractivity contribution in [1.29, 1.82) is 0 Å². The molecule has 0 spiro atoms. The lowest BCUT2D eigenvalue weighted by Crippen LogP contribution is -2.30. The molecule has 0 saturated heterocycles. The summed E-state index contributed by atoms with van der Waals surface area (Å²) >= 11 is 12.0. The van der Waals surface area contributed by atoms with Gasteiger partial charge in [-0.05, 0) is 60.9 Å². The molecule has 35 heavy (non-hydrogen) atoms. The second-order valence-corrected chi connectivity index (χ2v) is 10.2. The SMILES string of the molecule is O=C(O)CC(NS(=O)(=O)c1cccc(OCCCCNc2ccccn2)c1)c1cc(Cl)cc(Cl)c1. The van der Waals surface area contributed by atoms with Crippen molar-refractivity contribution >= 4 is 45.0 Å². The second kappa shape index (κ2) is 12.7. The molecule has 1 unspecified atom stereocenters. The van der Waals surface area contributed by atoms with Gasteiger partial charge in [0.25, 0.3) is 0 Å². The van der Waals surface area contributed by atoms with Crippen LogP contribution in [-0.2, 0) is 14.8 Å². The van der Waals surface area contributed by atoms with Gasteiger partial charge in [0.2, 0.25) is 10.0 Å². The van der Waals surface area contributed by atoms with Gasteiger partial charge in [0.05, 0.1) is 24.0 Å². The number of carbonyl (C=O) groups is 1. The number of pyridine rings is 1. The van der Waals surface area contributed by atoms with Crippen LogP contribution in [0.15, 0.2) is 71.8 Å². The molecule has 3 aromatic rings. The summed E-state index contributed by atoms with van der Waals surface area (Å²) in [6.45, 7) is 1.14. The van der Waals surface area contributed by atoms with Crippen LogP contribution < -0.4 is 14.8 Å². The molecule has 1 aromatic heterocycles. The van der Waals surface area contributed by atoms with Gasteiger partial charge in [-0.2, -0.15) is 0 Å². The molecule has 0 radical (unpaired) electrons. The standard InChI is InChI=1S/C24H25Cl2N3O5S/c25-18-12-17(13-19(26)14-18)22(16-24(30)31)29-35(32,33)21-7-5-6-20(15-21)34-11-4-3-10-28-23-8-1-2-9-27-23/h1-2,5-9,12-15,22,29H,3-4,10-11,16H2,(H,27,28)(H,30,31). The summed E-state index contributed by atoms with van der Waals surface area (Å²) in [6, 6.07) is 15.1. The van der Waals surface area contributed by atoms with Gasteiger partial charge in [0, 0.05) is 28.9 Å². The predicted molar refractivity (Wildman–Crippen MR) is 136 cm³/mol. The Morgan fingerprint density at radius 1 is 1.03 bits per heavy atom. The molecule has 0 aliphatic rings. The molecule has 0 fully saturated rings. The highest BCUT2D eigenvalue weighted by Gasteiger charge is 2.24. The molecule has 0 bridgehead atoms. The van der Waals surface area contributed by atoms with Gasteiger partial charge in [0.1, 0.15) is 11.6 Å². The number of rotatable bonds is 13. The summed E-state index contributed by atoms with van der Waals surface area (Å²) in [5.74, 6) is 0.0228. The van der Waals surface area contributed by atoms with Crippen molar-refractivity contribution in [2.24, 2.45) is 0 Å². The zero-order chi connectivity index (χ0) is 25.3. The number of hydrogen-bond donors (Lipinski definition) is 3. The maximum atomic E-state index is 13.0. The Labute approximate surface area is 214 Å². The zero-order valence-corrected chi connectivity index (χ0v) is 21.0. The number of ether oxygens (including phenoxy) is 1. The van der Waals surface area contributed by atoms with E-state index in [1.807, 2.05) is 18.2 Å². The monoisotopic (exact) mass is 537 g/mol. The number of nitrogens with one attached hydrogen (secondary N) is 2. The van der Waals surface area contributed by atoms with E-state index in [1.54, 1.807) is 18.3 Å². The first kappa shape index (κ1) is 26.7. The normalized spacial score (nSPS) is 12.2. The third-order valence-corrected chi connectivity index (χ3v) is 6.80. The second-order valence-electron chi connectivity index (χ2n) is 7.65. The van der Waals surface area contributed by atoms with Gasteiger partial charge in [-0.1, -0.05) is 35.3 Å². The Kier molecular flexibility index (Phi) is 9.73. The minimum Gasteiger partial charge on any atom is -0.494 e. The lowest BCUT2D eigenvalue weighted by molar-refractivity contribution is -0.137. The van der Waals surface area contributed by atoms with Gasteiger partial charge >= 0.3 is 5.97 Å². The van der Waals surface area contributed by atoms with Gasteiger partial charge in [-0.15, -0.1) is 0 Å². The van der Waals surface area contributed by atoms with Crippen LogP contribution in [0, 0.1) is 0 Å². The largest absolute Gasteiger partial charge is 0.494 e. The van der Waals surface area contributed by atoms with Crippen molar-refractivity contribution in [3.05, 3.63) is 82.5 Å². The van der Waals surface area contributed by atoms with E-state index in [9.17, 15) is 18.3 Å². The number of unbranched alkanes of at least 4 members (excludes halogenated alkanes) is 1. The van der Waals surface area contributed by atoms with Gasteiger partial charge in [-0.3, -0.25) is 4.79 Å². The number of carboxylic acid groups (broad SMARTS) is 1. The van der Waals surface area contributed by atoms with E-state index in [2.05, 4.69) is 15.0 Å². The van der Waals surface area contributed by atoms with E-state index in [0.717, 1.165) is 25.2 Å². The van der Waals surface area contributed by atoms with Crippen LogP contribution >= 0.6 is 23.2 Å². The zero-order valence-electron chi connectivity index (χ0n) is 18.7. The summed E-state index contributed by atoms with van der Waals surface area (Å²) in [4.78, 5) is 15.5. The van der Waals surface area contributed by atoms with Gasteiger partial charge in [-0.25, -0.2) is 18.1 Å². The lowest BCUT2D eigenvalue weighted by Gasteiger charge is -2.18. The number of aromatic nitrogens is 1. The van der Waals surface area contributed by atoms with E-state index in [1.165, 1.54) is 30.3 Å². The summed E-state index contributed by atoms with van der Waals surface area (Å²) in [5, 5.41) is 13.0. The quantitative estimate of drug-likeness (QED) is 0.258. The fourth-order valence-corrected chi connectivity index (χ4v) is 5.07. The Balaban J connectivity index is 1.60. The third-order valence-electron chi connectivity index (χ3n) is 4.89. The Morgan fingerprint density at radius 2 is 1.80 bits per heavy atom. The number of aliphatic carboxylic acids is 1. The average Bonchev–Trinajstić information content (AvgIpc) is 2.81. The molecular formula is C24H25Cl2N3O5S.